The largest absolute Gasteiger partial charge is 0.360 e. The van der Waals surface area contributed by atoms with Gasteiger partial charge in [-0.2, -0.15) is 0 Å². The minimum absolute atomic E-state index is 0.0430. The number of nitrogens with zero attached hydrogens (tertiary/aromatic N) is 2. The van der Waals surface area contributed by atoms with Gasteiger partial charge in [0.1, 0.15) is 5.56 Å². The molecule has 2 heterocycles. The highest BCUT2D eigenvalue weighted by Gasteiger charge is 2.23. The molecule has 0 spiro atoms. The number of carbonyl (C=O) groups is 1. The molecule has 0 aliphatic rings. The molecule has 2 aromatic carbocycles. The van der Waals surface area contributed by atoms with E-state index in [0.717, 1.165) is 12.0 Å². The third-order valence-corrected chi connectivity index (χ3v) is 7.40. The molecule has 0 aliphatic heterocycles. The van der Waals surface area contributed by atoms with Crippen molar-refractivity contribution in [3.8, 4) is 0 Å². The number of pyridine rings is 2. The molecule has 2 N–H and O–H groups in total. The van der Waals surface area contributed by atoms with Gasteiger partial charge in [-0.15, -0.1) is 0 Å². The average Bonchev–Trinajstić information content (AvgIpc) is 2.87. The van der Waals surface area contributed by atoms with Crippen LogP contribution in [-0.4, -0.2) is 31.3 Å². The first-order valence-electron chi connectivity index (χ1n) is 10.7. The number of rotatable bonds is 7. The molecule has 9 heteroatoms. The van der Waals surface area contributed by atoms with Crippen molar-refractivity contribution >= 4 is 32.5 Å². The summed E-state index contributed by atoms with van der Waals surface area (Å²) in [6.45, 7) is 2.18. The van der Waals surface area contributed by atoms with Crippen LogP contribution in [0.1, 0.15) is 28.5 Å². The summed E-state index contributed by atoms with van der Waals surface area (Å²) in [4.78, 5) is 32.7. The van der Waals surface area contributed by atoms with Crippen LogP contribution in [0.15, 0.2) is 82.7 Å². The van der Waals surface area contributed by atoms with Crippen molar-refractivity contribution < 1.29 is 13.2 Å². The van der Waals surface area contributed by atoms with E-state index in [1.807, 2.05) is 19.1 Å². The van der Waals surface area contributed by atoms with Crippen molar-refractivity contribution in [3.05, 3.63) is 100 Å². The molecule has 0 radical (unpaired) electrons. The fraction of sp³-hybridized carbons (Fsp3) is 0.160. The molecule has 0 saturated heterocycles. The van der Waals surface area contributed by atoms with Crippen LogP contribution in [0.2, 0.25) is 0 Å². The Balaban J connectivity index is 1.65. The Labute approximate surface area is 197 Å². The number of sulfonamides is 1. The standard InChI is InChI=1S/C25H24N4O4S/c1-3-17-7-9-19(10-8-17)29(2)34(32,33)20-11-12-23-21(14-20)24(30)22(16-27-23)25(31)28-15-18-6-4-5-13-26-18/h4-14,16H,3,15H2,1-2H3,(H,27,30)(H,28,31). The molecular weight excluding hydrogens is 452 g/mol. The van der Waals surface area contributed by atoms with Crippen molar-refractivity contribution in [2.24, 2.45) is 0 Å². The fourth-order valence-corrected chi connectivity index (χ4v) is 4.76. The maximum Gasteiger partial charge on any atom is 0.264 e. The summed E-state index contributed by atoms with van der Waals surface area (Å²) in [5.41, 5.74) is 2.02. The molecule has 4 aromatic rings. The van der Waals surface area contributed by atoms with E-state index in [1.165, 1.54) is 35.7 Å². The van der Waals surface area contributed by atoms with Crippen molar-refractivity contribution in [1.29, 1.82) is 0 Å². The second-order valence-electron chi connectivity index (χ2n) is 7.74. The normalized spacial score (nSPS) is 11.4. The summed E-state index contributed by atoms with van der Waals surface area (Å²) in [5, 5.41) is 2.78. The smallest absolute Gasteiger partial charge is 0.264 e. The Morgan fingerprint density at radius 1 is 1.09 bits per heavy atom. The highest BCUT2D eigenvalue weighted by Crippen LogP contribution is 2.24. The van der Waals surface area contributed by atoms with Crippen LogP contribution < -0.4 is 15.1 Å². The lowest BCUT2D eigenvalue weighted by Gasteiger charge is -2.20. The molecule has 8 nitrogen and oxygen atoms in total. The molecule has 0 bridgehead atoms. The number of aryl methyl sites for hydroxylation is 1. The van der Waals surface area contributed by atoms with Crippen LogP contribution in [0.3, 0.4) is 0 Å². The van der Waals surface area contributed by atoms with Crippen LogP contribution in [0.5, 0.6) is 0 Å². The number of H-pyrrole nitrogens is 1. The van der Waals surface area contributed by atoms with E-state index in [-0.39, 0.29) is 22.4 Å². The van der Waals surface area contributed by atoms with Gasteiger partial charge in [-0.1, -0.05) is 25.1 Å². The third kappa shape index (κ3) is 4.55. The minimum Gasteiger partial charge on any atom is -0.360 e. The Hall–Kier alpha value is -3.98. The summed E-state index contributed by atoms with van der Waals surface area (Å²) in [5.74, 6) is -0.574. The Bertz CT molecular complexity index is 1500. The van der Waals surface area contributed by atoms with Crippen molar-refractivity contribution in [2.75, 3.05) is 11.4 Å². The second-order valence-corrected chi connectivity index (χ2v) is 9.70. The number of fused-ring (bicyclic) bond motifs is 1. The molecule has 174 valence electrons. The summed E-state index contributed by atoms with van der Waals surface area (Å²) < 4.78 is 27.7. The molecule has 0 fully saturated rings. The zero-order valence-electron chi connectivity index (χ0n) is 18.8. The van der Waals surface area contributed by atoms with Gasteiger partial charge in [0.2, 0.25) is 5.43 Å². The SMILES string of the molecule is CCc1ccc(N(C)S(=O)(=O)c2ccc3[nH]cc(C(=O)NCc4ccccn4)c(=O)c3c2)cc1. The molecule has 4 rings (SSSR count). The molecule has 0 unspecified atom stereocenters. The van der Waals surface area contributed by atoms with Crippen molar-refractivity contribution in [2.45, 2.75) is 24.8 Å². The van der Waals surface area contributed by atoms with E-state index in [1.54, 1.807) is 36.5 Å². The van der Waals surface area contributed by atoms with Crippen LogP contribution in [0.25, 0.3) is 10.9 Å². The van der Waals surface area contributed by atoms with Gasteiger partial charge in [0, 0.05) is 30.3 Å². The molecule has 0 aliphatic carbocycles. The van der Waals surface area contributed by atoms with Crippen molar-refractivity contribution in [3.63, 3.8) is 0 Å². The molecular formula is C25H24N4O4S. The van der Waals surface area contributed by atoms with Gasteiger partial charge < -0.3 is 10.3 Å². The van der Waals surface area contributed by atoms with Gasteiger partial charge in [0.25, 0.3) is 15.9 Å². The Kier molecular flexibility index (Phi) is 6.47. The molecule has 2 aromatic heterocycles. The lowest BCUT2D eigenvalue weighted by atomic mass is 10.1. The zero-order valence-corrected chi connectivity index (χ0v) is 19.6. The number of carbonyl (C=O) groups excluding carboxylic acids is 1. The number of hydrogen-bond acceptors (Lipinski definition) is 5. The third-order valence-electron chi connectivity index (χ3n) is 5.62. The van der Waals surface area contributed by atoms with E-state index in [0.29, 0.717) is 16.9 Å². The number of hydrogen-bond donors (Lipinski definition) is 2. The predicted molar refractivity (Wildman–Crippen MR) is 131 cm³/mol. The molecule has 34 heavy (non-hydrogen) atoms. The predicted octanol–water partition coefficient (Wildman–Crippen LogP) is 3.24. The zero-order chi connectivity index (χ0) is 24.3. The van der Waals surface area contributed by atoms with Gasteiger partial charge in [-0.25, -0.2) is 8.42 Å². The fourth-order valence-electron chi connectivity index (χ4n) is 3.53. The van der Waals surface area contributed by atoms with E-state index in [4.69, 9.17) is 0 Å². The van der Waals surface area contributed by atoms with E-state index >= 15 is 0 Å². The van der Waals surface area contributed by atoms with Crippen LogP contribution >= 0.6 is 0 Å². The average molecular weight is 477 g/mol. The minimum atomic E-state index is -3.93. The van der Waals surface area contributed by atoms with Gasteiger partial charge in [-0.05, 0) is 54.4 Å². The summed E-state index contributed by atoms with van der Waals surface area (Å²) in [6, 6.07) is 16.8. The molecule has 1 amide bonds. The quantitative estimate of drug-likeness (QED) is 0.425. The van der Waals surface area contributed by atoms with Crippen molar-refractivity contribution in [1.82, 2.24) is 15.3 Å². The summed E-state index contributed by atoms with van der Waals surface area (Å²) >= 11 is 0. The maximum absolute atomic E-state index is 13.2. The number of nitrogens with one attached hydrogen (secondary N) is 2. The highest BCUT2D eigenvalue weighted by molar-refractivity contribution is 7.92. The Morgan fingerprint density at radius 2 is 1.85 bits per heavy atom. The first-order valence-corrected chi connectivity index (χ1v) is 12.2. The monoisotopic (exact) mass is 476 g/mol. The number of aromatic amines is 1. The van der Waals surface area contributed by atoms with Gasteiger partial charge >= 0.3 is 0 Å². The summed E-state index contributed by atoms with van der Waals surface area (Å²) in [6.07, 6.45) is 3.79. The van der Waals surface area contributed by atoms with E-state index < -0.39 is 21.4 Å². The second kappa shape index (κ2) is 9.48. The number of benzene rings is 2. The van der Waals surface area contributed by atoms with Crippen LogP contribution in [-0.2, 0) is 23.0 Å². The Morgan fingerprint density at radius 3 is 2.53 bits per heavy atom. The summed E-state index contributed by atoms with van der Waals surface area (Å²) in [7, 11) is -2.46. The maximum atomic E-state index is 13.2. The van der Waals surface area contributed by atoms with Gasteiger partial charge in [0.05, 0.1) is 22.8 Å². The lowest BCUT2D eigenvalue weighted by Crippen LogP contribution is -2.29. The topological polar surface area (TPSA) is 112 Å². The van der Waals surface area contributed by atoms with Gasteiger partial charge in [0.15, 0.2) is 0 Å². The molecule has 0 saturated carbocycles. The number of anilines is 1. The highest BCUT2D eigenvalue weighted by atomic mass is 32.2. The molecule has 0 atom stereocenters. The first kappa shape index (κ1) is 23.2. The number of aromatic nitrogens is 2. The van der Waals surface area contributed by atoms with E-state index in [9.17, 15) is 18.0 Å². The first-order chi connectivity index (χ1) is 16.3. The van der Waals surface area contributed by atoms with Crippen LogP contribution in [0.4, 0.5) is 5.69 Å². The van der Waals surface area contributed by atoms with Crippen LogP contribution in [0, 0.1) is 0 Å². The number of amides is 1. The lowest BCUT2D eigenvalue weighted by molar-refractivity contribution is 0.0949. The van der Waals surface area contributed by atoms with Gasteiger partial charge in [-0.3, -0.25) is 18.9 Å². The van der Waals surface area contributed by atoms with E-state index in [2.05, 4.69) is 15.3 Å².